The van der Waals surface area contributed by atoms with E-state index in [-0.39, 0.29) is 6.10 Å². The number of ether oxygens (including phenoxy) is 1. The standard InChI is InChI=1S/C12H12O2/c1-14-12(9-10-13)8-7-11-5-3-2-4-6-11/h2-6,10,12H,9H2,1H3/t12-/m1/s1. The molecule has 1 rings (SSSR count). The Balaban J connectivity index is 2.66. The molecule has 2 nitrogen and oxygen atoms in total. The van der Waals surface area contributed by atoms with Gasteiger partial charge in [0.1, 0.15) is 12.4 Å². The van der Waals surface area contributed by atoms with Crippen molar-refractivity contribution in [3.8, 4) is 11.8 Å². The zero-order valence-electron chi connectivity index (χ0n) is 8.07. The lowest BCUT2D eigenvalue weighted by molar-refractivity contribution is -0.109. The molecule has 14 heavy (non-hydrogen) atoms. The van der Waals surface area contributed by atoms with E-state index in [0.29, 0.717) is 6.42 Å². The first-order valence-electron chi connectivity index (χ1n) is 4.40. The van der Waals surface area contributed by atoms with Crippen molar-refractivity contribution in [2.75, 3.05) is 7.11 Å². The van der Waals surface area contributed by atoms with E-state index in [1.54, 1.807) is 7.11 Å². The SMILES string of the molecule is CO[C@H](C#Cc1ccccc1)CC=O. The molecule has 72 valence electrons. The van der Waals surface area contributed by atoms with Crippen LogP contribution < -0.4 is 0 Å². The van der Waals surface area contributed by atoms with Gasteiger partial charge in [-0.1, -0.05) is 30.0 Å². The lowest BCUT2D eigenvalue weighted by Crippen LogP contribution is -2.07. The van der Waals surface area contributed by atoms with E-state index in [2.05, 4.69) is 11.8 Å². The number of rotatable bonds is 3. The van der Waals surface area contributed by atoms with Crippen LogP contribution in [0.1, 0.15) is 12.0 Å². The van der Waals surface area contributed by atoms with Crippen molar-refractivity contribution >= 4 is 6.29 Å². The van der Waals surface area contributed by atoms with Crippen molar-refractivity contribution in [1.82, 2.24) is 0 Å². The van der Waals surface area contributed by atoms with Crippen molar-refractivity contribution < 1.29 is 9.53 Å². The summed E-state index contributed by atoms with van der Waals surface area (Å²) in [7, 11) is 1.55. The Morgan fingerprint density at radius 3 is 2.71 bits per heavy atom. The van der Waals surface area contributed by atoms with E-state index in [9.17, 15) is 4.79 Å². The molecule has 1 aromatic carbocycles. The Kier molecular flexibility index (Phi) is 4.46. The second kappa shape index (κ2) is 5.95. The van der Waals surface area contributed by atoms with E-state index in [1.807, 2.05) is 30.3 Å². The van der Waals surface area contributed by atoms with Crippen molar-refractivity contribution in [3.05, 3.63) is 35.9 Å². The van der Waals surface area contributed by atoms with Crippen molar-refractivity contribution in [1.29, 1.82) is 0 Å². The molecule has 2 heteroatoms. The van der Waals surface area contributed by atoms with Crippen LogP contribution in [-0.4, -0.2) is 19.5 Å². The van der Waals surface area contributed by atoms with Gasteiger partial charge in [0.05, 0.1) is 0 Å². The van der Waals surface area contributed by atoms with E-state index in [4.69, 9.17) is 4.74 Å². The minimum atomic E-state index is -0.298. The Morgan fingerprint density at radius 1 is 1.43 bits per heavy atom. The third-order valence-electron chi connectivity index (χ3n) is 1.75. The Morgan fingerprint density at radius 2 is 2.14 bits per heavy atom. The van der Waals surface area contributed by atoms with Gasteiger partial charge in [0.25, 0.3) is 0 Å². The number of hydrogen-bond donors (Lipinski definition) is 0. The van der Waals surface area contributed by atoms with Crippen LogP contribution in [0.15, 0.2) is 30.3 Å². The molecule has 1 atom stereocenters. The van der Waals surface area contributed by atoms with Gasteiger partial charge in [0.15, 0.2) is 0 Å². The third kappa shape index (κ3) is 3.42. The normalized spacial score (nSPS) is 11.2. The van der Waals surface area contributed by atoms with Gasteiger partial charge < -0.3 is 9.53 Å². The van der Waals surface area contributed by atoms with Gasteiger partial charge in [-0.2, -0.15) is 0 Å². The summed E-state index contributed by atoms with van der Waals surface area (Å²) < 4.78 is 5.01. The third-order valence-corrected chi connectivity index (χ3v) is 1.75. The molecule has 0 aliphatic carbocycles. The highest BCUT2D eigenvalue weighted by molar-refractivity contribution is 5.51. The van der Waals surface area contributed by atoms with Gasteiger partial charge in [-0.05, 0) is 12.1 Å². The van der Waals surface area contributed by atoms with Crippen molar-refractivity contribution in [3.63, 3.8) is 0 Å². The molecule has 0 fully saturated rings. The number of aldehydes is 1. The highest BCUT2D eigenvalue weighted by atomic mass is 16.5. The second-order valence-corrected chi connectivity index (χ2v) is 2.76. The fourth-order valence-electron chi connectivity index (χ4n) is 0.987. The van der Waals surface area contributed by atoms with Crippen LogP contribution >= 0.6 is 0 Å². The van der Waals surface area contributed by atoms with E-state index in [0.717, 1.165) is 11.8 Å². The van der Waals surface area contributed by atoms with Gasteiger partial charge in [0.2, 0.25) is 0 Å². The number of carbonyl (C=O) groups is 1. The fourth-order valence-corrected chi connectivity index (χ4v) is 0.987. The summed E-state index contributed by atoms with van der Waals surface area (Å²) in [6.45, 7) is 0. The molecule has 0 aliphatic rings. The predicted octanol–water partition coefficient (Wildman–Crippen LogP) is 1.64. The summed E-state index contributed by atoms with van der Waals surface area (Å²) in [6.07, 6.45) is 0.831. The molecule has 0 N–H and O–H groups in total. The molecular formula is C12H12O2. The molecule has 0 amide bonds. The Bertz CT molecular complexity index is 332. The summed E-state index contributed by atoms with van der Waals surface area (Å²) in [5, 5.41) is 0. The quantitative estimate of drug-likeness (QED) is 0.532. The van der Waals surface area contributed by atoms with Gasteiger partial charge in [0, 0.05) is 19.1 Å². The lowest BCUT2D eigenvalue weighted by atomic mass is 10.2. The number of hydrogen-bond acceptors (Lipinski definition) is 2. The summed E-state index contributed by atoms with van der Waals surface area (Å²) in [6, 6.07) is 9.61. The highest BCUT2D eigenvalue weighted by Gasteiger charge is 1.99. The van der Waals surface area contributed by atoms with Gasteiger partial charge in [-0.25, -0.2) is 0 Å². The van der Waals surface area contributed by atoms with E-state index >= 15 is 0 Å². The number of methoxy groups -OCH3 is 1. The first-order valence-corrected chi connectivity index (χ1v) is 4.40. The van der Waals surface area contributed by atoms with Crippen LogP contribution in [0.3, 0.4) is 0 Å². The fraction of sp³-hybridized carbons (Fsp3) is 0.250. The molecule has 0 saturated heterocycles. The average molecular weight is 188 g/mol. The van der Waals surface area contributed by atoms with E-state index < -0.39 is 0 Å². The molecule has 0 saturated carbocycles. The van der Waals surface area contributed by atoms with Crippen LogP contribution in [0, 0.1) is 11.8 Å². The van der Waals surface area contributed by atoms with Gasteiger partial charge in [-0.3, -0.25) is 0 Å². The minimum Gasteiger partial charge on any atom is -0.368 e. The molecule has 0 unspecified atom stereocenters. The van der Waals surface area contributed by atoms with Gasteiger partial charge >= 0.3 is 0 Å². The van der Waals surface area contributed by atoms with Crippen LogP contribution in [0.25, 0.3) is 0 Å². The zero-order chi connectivity index (χ0) is 10.2. The Hall–Kier alpha value is -1.59. The zero-order valence-corrected chi connectivity index (χ0v) is 8.07. The first-order chi connectivity index (χ1) is 6.86. The molecule has 1 aromatic rings. The molecule has 0 aliphatic heterocycles. The summed E-state index contributed by atoms with van der Waals surface area (Å²) in [5.41, 5.74) is 0.931. The van der Waals surface area contributed by atoms with E-state index in [1.165, 1.54) is 0 Å². The first kappa shape index (κ1) is 10.5. The predicted molar refractivity (Wildman–Crippen MR) is 54.8 cm³/mol. The number of carbonyl (C=O) groups excluding carboxylic acids is 1. The largest absolute Gasteiger partial charge is 0.368 e. The maximum Gasteiger partial charge on any atom is 0.124 e. The van der Waals surface area contributed by atoms with Crippen molar-refractivity contribution in [2.45, 2.75) is 12.5 Å². The van der Waals surface area contributed by atoms with Crippen LogP contribution in [0.5, 0.6) is 0 Å². The Labute approximate surface area is 83.9 Å². The second-order valence-electron chi connectivity index (χ2n) is 2.76. The van der Waals surface area contributed by atoms with Crippen LogP contribution in [0.4, 0.5) is 0 Å². The topological polar surface area (TPSA) is 26.3 Å². The average Bonchev–Trinajstić information content (AvgIpc) is 2.25. The molecular weight excluding hydrogens is 176 g/mol. The highest BCUT2D eigenvalue weighted by Crippen LogP contribution is 1.97. The lowest BCUT2D eigenvalue weighted by Gasteiger charge is -2.01. The maximum atomic E-state index is 10.2. The molecule has 0 aromatic heterocycles. The number of benzene rings is 1. The monoisotopic (exact) mass is 188 g/mol. The van der Waals surface area contributed by atoms with Crippen molar-refractivity contribution in [2.24, 2.45) is 0 Å². The maximum absolute atomic E-state index is 10.2. The summed E-state index contributed by atoms with van der Waals surface area (Å²) in [5.74, 6) is 5.83. The van der Waals surface area contributed by atoms with Crippen LogP contribution in [0.2, 0.25) is 0 Å². The van der Waals surface area contributed by atoms with Crippen LogP contribution in [-0.2, 0) is 9.53 Å². The molecule has 0 bridgehead atoms. The summed E-state index contributed by atoms with van der Waals surface area (Å²) >= 11 is 0. The molecule has 0 radical (unpaired) electrons. The van der Waals surface area contributed by atoms with Gasteiger partial charge in [-0.15, -0.1) is 0 Å². The smallest absolute Gasteiger partial charge is 0.124 e. The molecule has 0 spiro atoms. The summed E-state index contributed by atoms with van der Waals surface area (Å²) in [4.78, 5) is 10.2. The molecule has 0 heterocycles. The minimum absolute atomic E-state index is 0.298.